The predicted molar refractivity (Wildman–Crippen MR) is 107 cm³/mol. The number of anilines is 1. The Morgan fingerprint density at radius 1 is 1.23 bits per heavy atom. The van der Waals surface area contributed by atoms with Gasteiger partial charge in [0.2, 0.25) is 0 Å². The first kappa shape index (κ1) is 19.4. The van der Waals surface area contributed by atoms with Gasteiger partial charge in [0.15, 0.2) is 5.11 Å². The molecule has 0 aliphatic carbocycles. The molecule has 0 saturated heterocycles. The van der Waals surface area contributed by atoms with Gasteiger partial charge in [-0.3, -0.25) is 5.43 Å². The van der Waals surface area contributed by atoms with Crippen molar-refractivity contribution in [1.29, 1.82) is 0 Å². The van der Waals surface area contributed by atoms with Gasteiger partial charge in [-0.05, 0) is 42.3 Å². The van der Waals surface area contributed by atoms with E-state index in [4.69, 9.17) is 17.3 Å². The second kappa shape index (κ2) is 8.44. The number of nitrogens with zero attached hydrogens (tertiary/aromatic N) is 1. The lowest BCUT2D eigenvalue weighted by molar-refractivity contribution is 0.0696. The highest BCUT2D eigenvalue weighted by Gasteiger charge is 2.13. The van der Waals surface area contributed by atoms with Crippen molar-refractivity contribution >= 4 is 35.2 Å². The number of phenolic OH excluding ortho intramolecular Hbond substituents is 1. The van der Waals surface area contributed by atoms with E-state index in [1.807, 2.05) is 32.9 Å². The molecule has 4 N–H and O–H groups in total. The van der Waals surface area contributed by atoms with Crippen molar-refractivity contribution in [2.75, 3.05) is 5.32 Å². The number of nitrogens with one attached hydrogen (secondary N) is 2. The molecule has 0 saturated carbocycles. The summed E-state index contributed by atoms with van der Waals surface area (Å²) in [5, 5.41) is 26.7. The Hall–Kier alpha value is -2.93. The Balaban J connectivity index is 2.11. The fourth-order valence-electron chi connectivity index (χ4n) is 2.44. The Bertz CT molecular complexity index is 863. The van der Waals surface area contributed by atoms with Gasteiger partial charge in [0.25, 0.3) is 0 Å². The summed E-state index contributed by atoms with van der Waals surface area (Å²) >= 11 is 5.20. The van der Waals surface area contributed by atoms with E-state index in [0.29, 0.717) is 11.3 Å². The molecule has 0 atom stereocenters. The van der Waals surface area contributed by atoms with Gasteiger partial charge in [0, 0.05) is 5.56 Å². The normalized spacial score (nSPS) is 10.9. The largest absolute Gasteiger partial charge is 0.505 e. The first-order valence-electron chi connectivity index (χ1n) is 8.06. The molecule has 0 unspecified atom stereocenters. The fourth-order valence-corrected chi connectivity index (χ4v) is 2.59. The molecule has 6 nitrogen and oxygen atoms in total. The van der Waals surface area contributed by atoms with Gasteiger partial charge in [0.1, 0.15) is 5.75 Å². The summed E-state index contributed by atoms with van der Waals surface area (Å²) in [5.41, 5.74) is 5.42. The standard InChI is InChI=1S/C19H21N3O3S/c1-11(2)14-9-8-12(3)16(17(14)23)21-19(26)22-20-10-13-6-4-5-7-15(13)18(24)25/h4-11,23H,1-3H3,(H,24,25)(H2,21,22,26). The quantitative estimate of drug-likeness (QED) is 0.276. The van der Waals surface area contributed by atoms with Gasteiger partial charge in [-0.15, -0.1) is 0 Å². The zero-order chi connectivity index (χ0) is 19.3. The molecule has 2 aromatic rings. The number of hydrogen-bond acceptors (Lipinski definition) is 4. The predicted octanol–water partition coefficient (Wildman–Crippen LogP) is 3.84. The highest BCUT2D eigenvalue weighted by Crippen LogP contribution is 2.35. The molecule has 2 aromatic carbocycles. The number of aromatic hydroxyl groups is 1. The van der Waals surface area contributed by atoms with Crippen molar-refractivity contribution in [2.24, 2.45) is 5.10 Å². The van der Waals surface area contributed by atoms with Crippen LogP contribution in [0.5, 0.6) is 5.75 Å². The summed E-state index contributed by atoms with van der Waals surface area (Å²) < 4.78 is 0. The molecule has 0 radical (unpaired) electrons. The second-order valence-electron chi connectivity index (χ2n) is 6.07. The Morgan fingerprint density at radius 2 is 1.92 bits per heavy atom. The molecular weight excluding hydrogens is 350 g/mol. The highest BCUT2D eigenvalue weighted by molar-refractivity contribution is 7.80. The van der Waals surface area contributed by atoms with Gasteiger partial charge < -0.3 is 15.5 Å². The van der Waals surface area contributed by atoms with Gasteiger partial charge >= 0.3 is 5.97 Å². The number of phenols is 1. The Kier molecular flexibility index (Phi) is 6.30. The molecule has 0 amide bonds. The summed E-state index contributed by atoms with van der Waals surface area (Å²) in [6.07, 6.45) is 1.38. The van der Waals surface area contributed by atoms with Crippen LogP contribution in [-0.4, -0.2) is 27.5 Å². The van der Waals surface area contributed by atoms with Crippen LogP contribution in [-0.2, 0) is 0 Å². The molecule has 0 heterocycles. The lowest BCUT2D eigenvalue weighted by Crippen LogP contribution is -2.24. The number of carboxylic acid groups (broad SMARTS) is 1. The van der Waals surface area contributed by atoms with Gasteiger partial charge in [0.05, 0.1) is 17.5 Å². The molecule has 2 rings (SSSR count). The van der Waals surface area contributed by atoms with Crippen LogP contribution in [0.25, 0.3) is 0 Å². The number of carbonyl (C=O) groups is 1. The van der Waals surface area contributed by atoms with Gasteiger partial charge in [-0.2, -0.15) is 5.10 Å². The van der Waals surface area contributed by atoms with Crippen molar-refractivity contribution in [3.63, 3.8) is 0 Å². The summed E-state index contributed by atoms with van der Waals surface area (Å²) in [6, 6.07) is 10.3. The molecule has 0 fully saturated rings. The minimum atomic E-state index is -1.03. The molecule has 0 spiro atoms. The van der Waals surface area contributed by atoms with Crippen LogP contribution in [0.15, 0.2) is 41.5 Å². The molecule has 136 valence electrons. The van der Waals surface area contributed by atoms with E-state index in [2.05, 4.69) is 15.8 Å². The van der Waals surface area contributed by atoms with E-state index in [1.165, 1.54) is 12.3 Å². The van der Waals surface area contributed by atoms with Crippen LogP contribution in [0.1, 0.15) is 46.8 Å². The number of benzene rings is 2. The smallest absolute Gasteiger partial charge is 0.336 e. The third-order valence-electron chi connectivity index (χ3n) is 3.84. The monoisotopic (exact) mass is 371 g/mol. The van der Waals surface area contributed by atoms with E-state index < -0.39 is 5.97 Å². The number of carboxylic acids is 1. The number of aryl methyl sites for hydroxylation is 1. The maximum absolute atomic E-state index is 11.2. The van der Waals surface area contributed by atoms with Crippen LogP contribution in [0.3, 0.4) is 0 Å². The molecule has 0 bridgehead atoms. The topological polar surface area (TPSA) is 94.0 Å². The van der Waals surface area contributed by atoms with Crippen molar-refractivity contribution in [3.05, 3.63) is 58.7 Å². The minimum absolute atomic E-state index is 0.148. The molecule has 0 aliphatic rings. The SMILES string of the molecule is Cc1ccc(C(C)C)c(O)c1NC(=S)NN=Cc1ccccc1C(=O)O. The van der Waals surface area contributed by atoms with Gasteiger partial charge in [-0.25, -0.2) is 4.79 Å². The van der Waals surface area contributed by atoms with Crippen molar-refractivity contribution in [3.8, 4) is 5.75 Å². The molecule has 0 aliphatic heterocycles. The maximum atomic E-state index is 11.2. The number of aromatic carboxylic acids is 1. The fraction of sp³-hybridized carbons (Fsp3) is 0.211. The lowest BCUT2D eigenvalue weighted by atomic mass is 9.99. The average Bonchev–Trinajstić information content (AvgIpc) is 2.58. The first-order chi connectivity index (χ1) is 12.3. The Labute approximate surface area is 157 Å². The third kappa shape index (κ3) is 4.58. The molecular formula is C19H21N3O3S. The average molecular weight is 371 g/mol. The summed E-state index contributed by atoms with van der Waals surface area (Å²) in [6.45, 7) is 5.85. The first-order valence-corrected chi connectivity index (χ1v) is 8.47. The van der Waals surface area contributed by atoms with Crippen molar-refractivity contribution in [2.45, 2.75) is 26.7 Å². The third-order valence-corrected chi connectivity index (χ3v) is 4.03. The number of rotatable bonds is 5. The molecule has 7 heteroatoms. The van der Waals surface area contributed by atoms with E-state index >= 15 is 0 Å². The van der Waals surface area contributed by atoms with Gasteiger partial charge in [-0.1, -0.05) is 44.2 Å². The van der Waals surface area contributed by atoms with E-state index in [0.717, 1.165) is 11.1 Å². The number of hydrogen-bond donors (Lipinski definition) is 4. The van der Waals surface area contributed by atoms with Crippen LogP contribution in [0, 0.1) is 6.92 Å². The number of thiocarbonyl (C=S) groups is 1. The molecule has 26 heavy (non-hydrogen) atoms. The van der Waals surface area contributed by atoms with E-state index in [9.17, 15) is 9.90 Å². The zero-order valence-electron chi connectivity index (χ0n) is 14.8. The van der Waals surface area contributed by atoms with Crippen LogP contribution in [0.2, 0.25) is 0 Å². The maximum Gasteiger partial charge on any atom is 0.336 e. The highest BCUT2D eigenvalue weighted by atomic mass is 32.1. The molecule has 0 aromatic heterocycles. The zero-order valence-corrected chi connectivity index (χ0v) is 15.6. The van der Waals surface area contributed by atoms with Crippen LogP contribution < -0.4 is 10.7 Å². The van der Waals surface area contributed by atoms with Crippen LogP contribution in [0.4, 0.5) is 5.69 Å². The summed E-state index contributed by atoms with van der Waals surface area (Å²) in [4.78, 5) is 11.2. The second-order valence-corrected chi connectivity index (χ2v) is 6.47. The van der Waals surface area contributed by atoms with Crippen molar-refractivity contribution < 1.29 is 15.0 Å². The lowest BCUT2D eigenvalue weighted by Gasteiger charge is -2.16. The number of hydrazone groups is 1. The van der Waals surface area contributed by atoms with E-state index in [1.54, 1.807) is 18.2 Å². The van der Waals surface area contributed by atoms with Crippen molar-refractivity contribution in [1.82, 2.24) is 5.43 Å². The summed E-state index contributed by atoms with van der Waals surface area (Å²) in [7, 11) is 0. The van der Waals surface area contributed by atoms with Crippen LogP contribution >= 0.6 is 12.2 Å². The van der Waals surface area contributed by atoms with E-state index in [-0.39, 0.29) is 22.3 Å². The minimum Gasteiger partial charge on any atom is -0.505 e. The Morgan fingerprint density at radius 3 is 2.58 bits per heavy atom. The summed E-state index contributed by atoms with van der Waals surface area (Å²) in [5.74, 6) is -0.702.